The van der Waals surface area contributed by atoms with E-state index in [-0.39, 0.29) is 5.25 Å². The zero-order valence-electron chi connectivity index (χ0n) is 10.4. The number of thioether (sulfide) groups is 1. The Morgan fingerprint density at radius 1 is 1.24 bits per heavy atom. The fourth-order valence-electron chi connectivity index (χ4n) is 2.84. The lowest BCUT2D eigenvalue weighted by Crippen LogP contribution is -2.48. The Hall–Kier alpha value is 0.300. The van der Waals surface area contributed by atoms with Crippen LogP contribution in [0.3, 0.4) is 0 Å². The van der Waals surface area contributed by atoms with Gasteiger partial charge in [-0.15, -0.1) is 11.8 Å². The molecule has 2 unspecified atom stereocenters. The van der Waals surface area contributed by atoms with Crippen molar-refractivity contribution in [2.45, 2.75) is 56.2 Å². The number of halogens is 1. The highest BCUT2D eigenvalue weighted by Crippen LogP contribution is 2.29. The van der Waals surface area contributed by atoms with Crippen LogP contribution in [0.1, 0.15) is 44.9 Å². The monoisotopic (exact) mass is 319 g/mol. The second-order valence-electron chi connectivity index (χ2n) is 5.01. The summed E-state index contributed by atoms with van der Waals surface area (Å²) in [5, 5.41) is 1.28. The minimum Gasteiger partial charge on any atom is -0.339 e. The first-order valence-electron chi connectivity index (χ1n) is 6.81. The maximum atomic E-state index is 12.5. The molecule has 2 rings (SSSR count). The lowest BCUT2D eigenvalue weighted by atomic mass is 9.99. The van der Waals surface area contributed by atoms with Gasteiger partial charge in [-0.25, -0.2) is 0 Å². The Morgan fingerprint density at radius 2 is 2.06 bits per heavy atom. The molecule has 0 aromatic carbocycles. The summed E-state index contributed by atoms with van der Waals surface area (Å²) >= 11 is 5.40. The summed E-state index contributed by atoms with van der Waals surface area (Å²) in [5.74, 6) is 1.60. The number of carbonyl (C=O) groups is 1. The van der Waals surface area contributed by atoms with Crippen LogP contribution in [0.2, 0.25) is 0 Å². The van der Waals surface area contributed by atoms with Crippen LogP contribution < -0.4 is 0 Å². The zero-order chi connectivity index (χ0) is 12.1. The molecule has 98 valence electrons. The van der Waals surface area contributed by atoms with Crippen LogP contribution in [-0.4, -0.2) is 39.7 Å². The van der Waals surface area contributed by atoms with E-state index in [9.17, 15) is 4.79 Å². The van der Waals surface area contributed by atoms with Gasteiger partial charge in [-0.3, -0.25) is 4.79 Å². The lowest BCUT2D eigenvalue weighted by molar-refractivity contribution is -0.134. The van der Waals surface area contributed by atoms with Gasteiger partial charge in [-0.05, 0) is 44.3 Å². The minimum absolute atomic E-state index is 0.264. The molecule has 0 spiro atoms. The van der Waals surface area contributed by atoms with E-state index in [2.05, 4.69) is 20.8 Å². The molecule has 2 nitrogen and oxygen atoms in total. The van der Waals surface area contributed by atoms with Gasteiger partial charge in [0.2, 0.25) is 5.91 Å². The van der Waals surface area contributed by atoms with Gasteiger partial charge in [0.05, 0.1) is 5.25 Å². The van der Waals surface area contributed by atoms with Crippen molar-refractivity contribution in [3.63, 3.8) is 0 Å². The molecule has 2 atom stereocenters. The van der Waals surface area contributed by atoms with Gasteiger partial charge in [-0.2, -0.15) is 0 Å². The van der Waals surface area contributed by atoms with E-state index in [1.165, 1.54) is 37.9 Å². The number of nitrogens with zero attached hydrogens (tertiary/aromatic N) is 1. The zero-order valence-corrected chi connectivity index (χ0v) is 12.8. The van der Waals surface area contributed by atoms with Crippen molar-refractivity contribution < 1.29 is 4.79 Å². The molecule has 2 heterocycles. The third-order valence-corrected chi connectivity index (χ3v) is 5.63. The van der Waals surface area contributed by atoms with E-state index in [1.54, 1.807) is 0 Å². The van der Waals surface area contributed by atoms with E-state index >= 15 is 0 Å². The average molecular weight is 320 g/mol. The van der Waals surface area contributed by atoms with E-state index in [0.717, 1.165) is 24.7 Å². The fourth-order valence-corrected chi connectivity index (χ4v) is 4.63. The molecule has 17 heavy (non-hydrogen) atoms. The van der Waals surface area contributed by atoms with E-state index in [0.29, 0.717) is 11.9 Å². The molecular weight excluding hydrogens is 298 g/mol. The molecule has 4 heteroatoms. The predicted octanol–water partition coefficient (Wildman–Crippen LogP) is 3.44. The Bertz CT molecular complexity index is 254. The van der Waals surface area contributed by atoms with Crippen LogP contribution >= 0.6 is 27.7 Å². The molecular formula is C13H22BrNOS. The first-order valence-corrected chi connectivity index (χ1v) is 8.98. The normalized spacial score (nSPS) is 30.3. The summed E-state index contributed by atoms with van der Waals surface area (Å²) in [6.45, 7) is 0.994. The van der Waals surface area contributed by atoms with E-state index in [1.807, 2.05) is 11.8 Å². The van der Waals surface area contributed by atoms with Crippen molar-refractivity contribution >= 4 is 33.6 Å². The van der Waals surface area contributed by atoms with Gasteiger partial charge in [0.15, 0.2) is 0 Å². The van der Waals surface area contributed by atoms with Crippen LogP contribution in [0.15, 0.2) is 0 Å². The third kappa shape index (κ3) is 3.63. The summed E-state index contributed by atoms with van der Waals surface area (Å²) in [6, 6.07) is 0.498. The molecule has 0 saturated carbocycles. The van der Waals surface area contributed by atoms with Crippen LogP contribution in [0.4, 0.5) is 0 Å². The number of alkyl halides is 1. The number of piperidine rings is 1. The smallest absolute Gasteiger partial charge is 0.235 e. The first kappa shape index (κ1) is 13.7. The van der Waals surface area contributed by atoms with Crippen molar-refractivity contribution in [3.8, 4) is 0 Å². The molecule has 0 bridgehead atoms. The summed E-state index contributed by atoms with van der Waals surface area (Å²) in [6.07, 6.45) is 8.43. The maximum absolute atomic E-state index is 12.5. The highest BCUT2D eigenvalue weighted by Gasteiger charge is 2.32. The molecule has 2 saturated heterocycles. The Kier molecular flexibility index (Phi) is 5.67. The highest BCUT2D eigenvalue weighted by molar-refractivity contribution is 9.09. The van der Waals surface area contributed by atoms with Crippen molar-refractivity contribution in [2.24, 2.45) is 0 Å². The molecule has 0 aliphatic carbocycles. The number of likely N-dealkylation sites (tertiary alicyclic amines) is 1. The summed E-state index contributed by atoms with van der Waals surface area (Å²) in [7, 11) is 0. The molecule has 1 amide bonds. The SMILES string of the molecule is O=C(C1CCCCS1)N1CCCCC1CCBr. The summed E-state index contributed by atoms with van der Waals surface area (Å²) in [5.41, 5.74) is 0. The maximum Gasteiger partial charge on any atom is 0.235 e. The van der Waals surface area contributed by atoms with E-state index < -0.39 is 0 Å². The number of rotatable bonds is 3. The largest absolute Gasteiger partial charge is 0.339 e. The van der Waals surface area contributed by atoms with Crippen LogP contribution in [-0.2, 0) is 4.79 Å². The van der Waals surface area contributed by atoms with Crippen molar-refractivity contribution in [2.75, 3.05) is 17.6 Å². The molecule has 0 N–H and O–H groups in total. The Balaban J connectivity index is 1.94. The summed E-state index contributed by atoms with van der Waals surface area (Å²) < 4.78 is 0. The lowest BCUT2D eigenvalue weighted by Gasteiger charge is -2.38. The molecule has 2 fully saturated rings. The van der Waals surface area contributed by atoms with Crippen molar-refractivity contribution in [3.05, 3.63) is 0 Å². The third-order valence-electron chi connectivity index (χ3n) is 3.81. The number of carbonyl (C=O) groups excluding carboxylic acids is 1. The highest BCUT2D eigenvalue weighted by atomic mass is 79.9. The second kappa shape index (κ2) is 7.03. The van der Waals surface area contributed by atoms with Gasteiger partial charge >= 0.3 is 0 Å². The second-order valence-corrected chi connectivity index (χ2v) is 7.12. The first-order chi connectivity index (χ1) is 8.33. The summed E-state index contributed by atoms with van der Waals surface area (Å²) in [4.78, 5) is 14.7. The van der Waals surface area contributed by atoms with Gasteiger partial charge < -0.3 is 4.90 Å². The van der Waals surface area contributed by atoms with Crippen LogP contribution in [0.5, 0.6) is 0 Å². The van der Waals surface area contributed by atoms with Crippen molar-refractivity contribution in [1.82, 2.24) is 4.90 Å². The van der Waals surface area contributed by atoms with Crippen LogP contribution in [0.25, 0.3) is 0 Å². The van der Waals surface area contributed by atoms with E-state index in [4.69, 9.17) is 0 Å². The molecule has 0 aromatic heterocycles. The van der Waals surface area contributed by atoms with Gasteiger partial charge in [0.1, 0.15) is 0 Å². The van der Waals surface area contributed by atoms with Crippen molar-refractivity contribution in [1.29, 1.82) is 0 Å². The average Bonchev–Trinajstić information content (AvgIpc) is 2.40. The Morgan fingerprint density at radius 3 is 2.76 bits per heavy atom. The molecule has 0 radical (unpaired) electrons. The Labute approximate surface area is 117 Å². The molecule has 0 aromatic rings. The fraction of sp³-hybridized carbons (Fsp3) is 0.923. The number of hydrogen-bond acceptors (Lipinski definition) is 2. The van der Waals surface area contributed by atoms with Gasteiger partial charge in [0, 0.05) is 17.9 Å². The van der Waals surface area contributed by atoms with Gasteiger partial charge in [0.25, 0.3) is 0 Å². The van der Waals surface area contributed by atoms with Gasteiger partial charge in [-0.1, -0.05) is 22.4 Å². The quantitative estimate of drug-likeness (QED) is 0.743. The minimum atomic E-state index is 0.264. The number of hydrogen-bond donors (Lipinski definition) is 0. The standard InChI is InChI=1S/C13H22BrNOS/c14-8-7-11-5-1-3-9-15(11)13(16)12-6-2-4-10-17-12/h11-12H,1-10H2. The number of amides is 1. The topological polar surface area (TPSA) is 20.3 Å². The molecule has 2 aliphatic rings. The predicted molar refractivity (Wildman–Crippen MR) is 77.9 cm³/mol. The van der Waals surface area contributed by atoms with Crippen LogP contribution in [0, 0.1) is 0 Å². The molecule has 2 aliphatic heterocycles.